The van der Waals surface area contributed by atoms with E-state index in [1.54, 1.807) is 46.8 Å². The molecule has 0 aliphatic rings. The van der Waals surface area contributed by atoms with Crippen LogP contribution in [0.3, 0.4) is 0 Å². The molecule has 4 rings (SSSR count). The molecule has 1 N–H and O–H groups in total. The summed E-state index contributed by atoms with van der Waals surface area (Å²) in [5.41, 5.74) is 2.88. The maximum Gasteiger partial charge on any atom is 0.253 e. The molecule has 0 aliphatic carbocycles. The predicted molar refractivity (Wildman–Crippen MR) is 148 cm³/mol. The SMILES string of the molecule is Br.CN(CCCn1c(=N)n(CC(=O)c2ccc(Br)cc2)c2cccc(Cl)c21)C(=O)c1ccccc1. The maximum atomic E-state index is 12.9. The highest BCUT2D eigenvalue weighted by Crippen LogP contribution is 2.23. The third-order valence-electron chi connectivity index (χ3n) is 5.75. The van der Waals surface area contributed by atoms with E-state index in [1.165, 1.54) is 0 Å². The zero-order valence-corrected chi connectivity index (χ0v) is 23.1. The summed E-state index contributed by atoms with van der Waals surface area (Å²) in [5, 5.41) is 9.32. The first-order chi connectivity index (χ1) is 16.4. The Balaban J connectivity index is 0.00000342. The van der Waals surface area contributed by atoms with Crippen molar-refractivity contribution in [3.63, 3.8) is 0 Å². The van der Waals surface area contributed by atoms with Crippen LogP contribution in [-0.2, 0) is 13.1 Å². The van der Waals surface area contributed by atoms with Gasteiger partial charge in [0.2, 0.25) is 5.62 Å². The average Bonchev–Trinajstić information content (AvgIpc) is 3.11. The molecule has 182 valence electrons. The number of para-hydroxylation sites is 1. The Kier molecular flexibility index (Phi) is 9.10. The van der Waals surface area contributed by atoms with Crippen LogP contribution in [0.5, 0.6) is 0 Å². The van der Waals surface area contributed by atoms with Gasteiger partial charge in [-0.15, -0.1) is 17.0 Å². The third kappa shape index (κ3) is 5.94. The number of amides is 1. The Bertz CT molecular complexity index is 1400. The van der Waals surface area contributed by atoms with E-state index in [9.17, 15) is 9.59 Å². The van der Waals surface area contributed by atoms with Gasteiger partial charge in [0.25, 0.3) is 5.91 Å². The molecule has 0 radical (unpaired) electrons. The average molecular weight is 621 g/mol. The van der Waals surface area contributed by atoms with Gasteiger partial charge in [-0.2, -0.15) is 0 Å². The third-order valence-corrected chi connectivity index (χ3v) is 6.58. The van der Waals surface area contributed by atoms with Crippen molar-refractivity contribution in [3.8, 4) is 0 Å². The molecule has 0 unspecified atom stereocenters. The number of nitrogens with zero attached hydrogens (tertiary/aromatic N) is 3. The van der Waals surface area contributed by atoms with Crippen molar-refractivity contribution in [2.24, 2.45) is 0 Å². The lowest BCUT2D eigenvalue weighted by Gasteiger charge is -2.17. The fourth-order valence-electron chi connectivity index (χ4n) is 3.97. The highest BCUT2D eigenvalue weighted by molar-refractivity contribution is 9.10. The number of aromatic nitrogens is 2. The molecule has 0 saturated heterocycles. The van der Waals surface area contributed by atoms with Crippen LogP contribution in [0.2, 0.25) is 5.02 Å². The van der Waals surface area contributed by atoms with Gasteiger partial charge in [-0.05, 0) is 42.8 Å². The quantitative estimate of drug-likeness (QED) is 0.247. The van der Waals surface area contributed by atoms with E-state index in [1.807, 2.05) is 47.0 Å². The number of Topliss-reactive ketones (excluding diaryl/α,β-unsaturated/α-hetero) is 1. The number of imidazole rings is 1. The van der Waals surface area contributed by atoms with E-state index < -0.39 is 0 Å². The van der Waals surface area contributed by atoms with Gasteiger partial charge >= 0.3 is 0 Å². The molecule has 0 atom stereocenters. The molecular weight excluding hydrogens is 596 g/mol. The van der Waals surface area contributed by atoms with Crippen molar-refractivity contribution >= 4 is 67.2 Å². The molecule has 1 amide bonds. The molecule has 0 aliphatic heterocycles. The molecule has 0 fully saturated rings. The minimum Gasteiger partial charge on any atom is -0.342 e. The number of carbonyl (C=O) groups excluding carboxylic acids is 2. The lowest BCUT2D eigenvalue weighted by molar-refractivity contribution is 0.0791. The summed E-state index contributed by atoms with van der Waals surface area (Å²) in [4.78, 5) is 27.2. The molecule has 1 aromatic heterocycles. The van der Waals surface area contributed by atoms with Crippen LogP contribution < -0.4 is 5.62 Å². The second-order valence-corrected chi connectivity index (χ2v) is 9.37. The summed E-state index contributed by atoms with van der Waals surface area (Å²) < 4.78 is 4.40. The normalized spacial score (nSPS) is 10.7. The van der Waals surface area contributed by atoms with Gasteiger partial charge in [0.1, 0.15) is 0 Å². The first-order valence-corrected chi connectivity index (χ1v) is 12.1. The van der Waals surface area contributed by atoms with E-state index in [-0.39, 0.29) is 40.8 Å². The van der Waals surface area contributed by atoms with E-state index >= 15 is 0 Å². The number of hydrogen-bond donors (Lipinski definition) is 1. The van der Waals surface area contributed by atoms with Crippen molar-refractivity contribution in [1.82, 2.24) is 14.0 Å². The molecule has 3 aromatic carbocycles. The van der Waals surface area contributed by atoms with Crippen molar-refractivity contribution in [1.29, 1.82) is 5.41 Å². The van der Waals surface area contributed by atoms with Gasteiger partial charge in [0.15, 0.2) is 5.78 Å². The molecule has 4 aromatic rings. The Labute approximate surface area is 227 Å². The van der Waals surface area contributed by atoms with Crippen LogP contribution in [-0.4, -0.2) is 39.3 Å². The van der Waals surface area contributed by atoms with Gasteiger partial charge in [0.05, 0.1) is 22.6 Å². The van der Waals surface area contributed by atoms with Crippen molar-refractivity contribution < 1.29 is 9.59 Å². The molecule has 0 saturated carbocycles. The highest BCUT2D eigenvalue weighted by Gasteiger charge is 2.17. The summed E-state index contributed by atoms with van der Waals surface area (Å²) in [6.45, 7) is 1.05. The van der Waals surface area contributed by atoms with Gasteiger partial charge in [0, 0.05) is 35.7 Å². The van der Waals surface area contributed by atoms with E-state index in [4.69, 9.17) is 17.0 Å². The predicted octanol–water partition coefficient (Wildman–Crippen LogP) is 5.96. The lowest BCUT2D eigenvalue weighted by atomic mass is 10.1. The highest BCUT2D eigenvalue weighted by atomic mass is 79.9. The van der Waals surface area contributed by atoms with Crippen LogP contribution in [0, 0.1) is 5.41 Å². The van der Waals surface area contributed by atoms with E-state index in [2.05, 4.69) is 15.9 Å². The maximum absolute atomic E-state index is 12.9. The lowest BCUT2D eigenvalue weighted by Crippen LogP contribution is -2.30. The first kappa shape index (κ1) is 26.9. The fraction of sp³-hybridized carbons (Fsp3) is 0.192. The van der Waals surface area contributed by atoms with Crippen molar-refractivity contribution in [2.45, 2.75) is 19.5 Å². The number of aryl methyl sites for hydroxylation is 1. The Hall–Kier alpha value is -2.68. The molecule has 35 heavy (non-hydrogen) atoms. The van der Waals surface area contributed by atoms with Crippen LogP contribution in [0.25, 0.3) is 11.0 Å². The zero-order chi connectivity index (χ0) is 24.2. The number of halogens is 3. The number of rotatable bonds is 8. The number of carbonyl (C=O) groups is 2. The van der Waals surface area contributed by atoms with Crippen LogP contribution in [0.1, 0.15) is 27.1 Å². The zero-order valence-electron chi connectivity index (χ0n) is 19.1. The van der Waals surface area contributed by atoms with Crippen molar-refractivity contribution in [2.75, 3.05) is 13.6 Å². The van der Waals surface area contributed by atoms with E-state index in [0.29, 0.717) is 35.7 Å². The number of hydrogen-bond acceptors (Lipinski definition) is 3. The number of nitrogens with one attached hydrogen (secondary N) is 1. The van der Waals surface area contributed by atoms with Crippen LogP contribution in [0.15, 0.2) is 77.3 Å². The molecular formula is C26H25Br2ClN4O2. The molecule has 1 heterocycles. The number of fused-ring (bicyclic) bond motifs is 1. The summed E-state index contributed by atoms with van der Waals surface area (Å²) >= 11 is 9.90. The second-order valence-electron chi connectivity index (χ2n) is 8.05. The topological polar surface area (TPSA) is 71.1 Å². The van der Waals surface area contributed by atoms with Crippen LogP contribution in [0.4, 0.5) is 0 Å². The standard InChI is InChI=1S/C26H24BrClN4O2.BrH/c1-30(25(34)19-7-3-2-4-8-19)15-6-16-31-24-21(28)9-5-10-22(24)32(26(31)29)17-23(33)18-11-13-20(27)14-12-18;/h2-5,7-14,29H,6,15-17H2,1H3;1H. The van der Waals surface area contributed by atoms with Gasteiger partial charge in [-0.1, -0.05) is 63.9 Å². The summed E-state index contributed by atoms with van der Waals surface area (Å²) in [5.74, 6) is -0.129. The summed E-state index contributed by atoms with van der Waals surface area (Å²) in [6.07, 6.45) is 0.636. The Morgan fingerprint density at radius 1 is 0.943 bits per heavy atom. The molecule has 9 heteroatoms. The van der Waals surface area contributed by atoms with Crippen molar-refractivity contribution in [3.05, 3.63) is 99.0 Å². The fourth-order valence-corrected chi connectivity index (χ4v) is 4.51. The molecule has 6 nitrogen and oxygen atoms in total. The number of ketones is 1. The summed E-state index contributed by atoms with van der Waals surface area (Å²) in [6, 6.07) is 21.8. The Morgan fingerprint density at radius 2 is 1.63 bits per heavy atom. The first-order valence-electron chi connectivity index (χ1n) is 10.9. The smallest absolute Gasteiger partial charge is 0.253 e. The minimum absolute atomic E-state index is 0. The Morgan fingerprint density at radius 3 is 2.31 bits per heavy atom. The van der Waals surface area contributed by atoms with E-state index in [0.717, 1.165) is 15.5 Å². The summed E-state index contributed by atoms with van der Waals surface area (Å²) in [7, 11) is 1.77. The second kappa shape index (κ2) is 11.8. The molecule has 0 bridgehead atoms. The van der Waals surface area contributed by atoms with Gasteiger partial charge < -0.3 is 14.0 Å². The largest absolute Gasteiger partial charge is 0.342 e. The number of benzene rings is 3. The van der Waals surface area contributed by atoms with Crippen LogP contribution >= 0.6 is 44.5 Å². The minimum atomic E-state index is -0.0850. The molecule has 0 spiro atoms. The van der Waals surface area contributed by atoms with Gasteiger partial charge in [-0.3, -0.25) is 15.0 Å². The monoisotopic (exact) mass is 618 g/mol. The van der Waals surface area contributed by atoms with Gasteiger partial charge in [-0.25, -0.2) is 0 Å².